The Balaban J connectivity index is 1.91. The molecule has 0 spiro atoms. The van der Waals surface area contributed by atoms with E-state index >= 15 is 0 Å². The highest BCUT2D eigenvalue weighted by Gasteiger charge is 2.14. The van der Waals surface area contributed by atoms with Gasteiger partial charge >= 0.3 is 0 Å². The number of fused-ring (bicyclic) bond motifs is 1. The van der Waals surface area contributed by atoms with Gasteiger partial charge in [0.05, 0.1) is 11.0 Å². The second kappa shape index (κ2) is 6.13. The van der Waals surface area contributed by atoms with Gasteiger partial charge in [0.15, 0.2) is 0 Å². The van der Waals surface area contributed by atoms with Gasteiger partial charge in [0, 0.05) is 16.8 Å². The van der Waals surface area contributed by atoms with Gasteiger partial charge in [-0.3, -0.25) is 4.57 Å². The Kier molecular flexibility index (Phi) is 3.67. The second-order valence-electron chi connectivity index (χ2n) is 5.66. The third-order valence-electron chi connectivity index (χ3n) is 4.12. The summed E-state index contributed by atoms with van der Waals surface area (Å²) in [5, 5.41) is 13.0. The van der Waals surface area contributed by atoms with Crippen molar-refractivity contribution < 1.29 is 5.21 Å². The van der Waals surface area contributed by atoms with E-state index in [1.165, 1.54) is 0 Å². The van der Waals surface area contributed by atoms with Crippen LogP contribution in [0.15, 0.2) is 84.0 Å². The highest BCUT2D eigenvalue weighted by molar-refractivity contribution is 6.13. The van der Waals surface area contributed by atoms with Crippen LogP contribution in [-0.4, -0.2) is 20.5 Å². The maximum atomic E-state index is 9.54. The topological polar surface area (TPSA) is 76.4 Å². The molecule has 122 valence electrons. The van der Waals surface area contributed by atoms with Crippen LogP contribution in [0.1, 0.15) is 11.1 Å². The van der Waals surface area contributed by atoms with E-state index in [1.807, 2.05) is 83.4 Å². The molecule has 0 unspecified atom stereocenters. The van der Waals surface area contributed by atoms with Crippen LogP contribution < -0.4 is 5.73 Å². The molecule has 0 saturated carbocycles. The molecule has 1 aromatic heterocycles. The number of nitrogen functional groups attached to an aromatic ring is 1. The lowest BCUT2D eigenvalue weighted by atomic mass is 10.0. The molecule has 0 atom stereocenters. The fourth-order valence-electron chi connectivity index (χ4n) is 2.97. The Labute approximate surface area is 144 Å². The van der Waals surface area contributed by atoms with Crippen molar-refractivity contribution in [3.8, 4) is 5.69 Å². The fourth-order valence-corrected chi connectivity index (χ4v) is 2.97. The number of aromatic nitrogens is 2. The number of hydrogen-bond acceptors (Lipinski definition) is 4. The number of imidazole rings is 1. The van der Waals surface area contributed by atoms with Crippen LogP contribution in [0.5, 0.6) is 0 Å². The molecule has 0 aliphatic heterocycles. The van der Waals surface area contributed by atoms with E-state index in [9.17, 15) is 5.21 Å². The SMILES string of the molecule is Nc1nc2ccc(/C(=N/O)c3ccccc3)cc2n1-c1ccccc1. The van der Waals surface area contributed by atoms with Crippen molar-refractivity contribution in [3.63, 3.8) is 0 Å². The molecule has 3 N–H and O–H groups in total. The van der Waals surface area contributed by atoms with E-state index in [-0.39, 0.29) is 0 Å². The summed E-state index contributed by atoms with van der Waals surface area (Å²) in [5.41, 5.74) is 10.8. The molecule has 0 aliphatic carbocycles. The predicted molar refractivity (Wildman–Crippen MR) is 99.3 cm³/mol. The normalized spacial score (nSPS) is 11.8. The van der Waals surface area contributed by atoms with Crippen LogP contribution in [-0.2, 0) is 0 Å². The molecule has 0 aliphatic rings. The summed E-state index contributed by atoms with van der Waals surface area (Å²) in [6, 6.07) is 25.1. The Morgan fingerprint density at radius 3 is 2.24 bits per heavy atom. The van der Waals surface area contributed by atoms with Crippen molar-refractivity contribution in [1.29, 1.82) is 0 Å². The third-order valence-corrected chi connectivity index (χ3v) is 4.12. The zero-order valence-electron chi connectivity index (χ0n) is 13.4. The molecular weight excluding hydrogens is 312 g/mol. The maximum Gasteiger partial charge on any atom is 0.205 e. The molecule has 0 saturated heterocycles. The molecule has 3 aromatic carbocycles. The Morgan fingerprint density at radius 2 is 1.56 bits per heavy atom. The van der Waals surface area contributed by atoms with Gasteiger partial charge in [0.1, 0.15) is 5.71 Å². The van der Waals surface area contributed by atoms with E-state index < -0.39 is 0 Å². The van der Waals surface area contributed by atoms with Crippen LogP contribution in [0.4, 0.5) is 5.95 Å². The van der Waals surface area contributed by atoms with Crippen LogP contribution >= 0.6 is 0 Å². The number of anilines is 1. The summed E-state index contributed by atoms with van der Waals surface area (Å²) in [7, 11) is 0. The van der Waals surface area contributed by atoms with Gasteiger partial charge in [-0.25, -0.2) is 4.98 Å². The zero-order valence-corrected chi connectivity index (χ0v) is 13.4. The molecule has 0 fully saturated rings. The summed E-state index contributed by atoms with van der Waals surface area (Å²) >= 11 is 0. The van der Waals surface area contributed by atoms with Crippen molar-refractivity contribution in [3.05, 3.63) is 90.0 Å². The minimum absolute atomic E-state index is 0.417. The molecule has 5 heteroatoms. The van der Waals surface area contributed by atoms with Gasteiger partial charge in [0.25, 0.3) is 0 Å². The summed E-state index contributed by atoms with van der Waals surface area (Å²) in [6.45, 7) is 0. The van der Waals surface area contributed by atoms with Gasteiger partial charge in [-0.2, -0.15) is 0 Å². The lowest BCUT2D eigenvalue weighted by molar-refractivity contribution is 0.319. The number of rotatable bonds is 3. The summed E-state index contributed by atoms with van der Waals surface area (Å²) in [6.07, 6.45) is 0. The molecule has 0 amide bonds. The first kappa shape index (κ1) is 15.0. The fraction of sp³-hybridized carbons (Fsp3) is 0. The first-order valence-electron chi connectivity index (χ1n) is 7.89. The molecule has 0 radical (unpaired) electrons. The summed E-state index contributed by atoms with van der Waals surface area (Å²) < 4.78 is 1.89. The molecule has 0 bridgehead atoms. The first-order chi connectivity index (χ1) is 12.3. The second-order valence-corrected chi connectivity index (χ2v) is 5.66. The quantitative estimate of drug-likeness (QED) is 0.341. The average molecular weight is 328 g/mol. The lowest BCUT2D eigenvalue weighted by Crippen LogP contribution is -2.04. The first-order valence-corrected chi connectivity index (χ1v) is 7.89. The Bertz CT molecular complexity index is 1050. The lowest BCUT2D eigenvalue weighted by Gasteiger charge is -2.08. The summed E-state index contributed by atoms with van der Waals surface area (Å²) in [4.78, 5) is 4.43. The van der Waals surface area contributed by atoms with Gasteiger partial charge in [-0.1, -0.05) is 59.8 Å². The van der Waals surface area contributed by atoms with Gasteiger partial charge in [0.2, 0.25) is 5.95 Å². The van der Waals surface area contributed by atoms with E-state index in [0.717, 1.165) is 27.8 Å². The largest absolute Gasteiger partial charge is 0.410 e. The van der Waals surface area contributed by atoms with E-state index in [4.69, 9.17) is 5.73 Å². The average Bonchev–Trinajstić information content (AvgIpc) is 2.99. The van der Waals surface area contributed by atoms with Gasteiger partial charge in [-0.15, -0.1) is 0 Å². The molecule has 1 heterocycles. The van der Waals surface area contributed by atoms with Gasteiger partial charge in [-0.05, 0) is 24.3 Å². The van der Waals surface area contributed by atoms with Gasteiger partial charge < -0.3 is 10.9 Å². The third kappa shape index (κ3) is 2.61. The number of nitrogens with two attached hydrogens (primary N) is 1. The number of nitrogens with zero attached hydrogens (tertiary/aromatic N) is 3. The van der Waals surface area contributed by atoms with Crippen molar-refractivity contribution >= 4 is 22.7 Å². The molecule has 25 heavy (non-hydrogen) atoms. The number of benzene rings is 3. The van der Waals surface area contributed by atoms with Crippen LogP contribution in [0, 0.1) is 0 Å². The number of oxime groups is 1. The smallest absolute Gasteiger partial charge is 0.205 e. The van der Waals surface area contributed by atoms with Crippen LogP contribution in [0.25, 0.3) is 16.7 Å². The number of para-hydroxylation sites is 1. The Morgan fingerprint density at radius 1 is 0.880 bits per heavy atom. The predicted octanol–water partition coefficient (Wildman–Crippen LogP) is 3.83. The molecule has 4 aromatic rings. The van der Waals surface area contributed by atoms with Crippen molar-refractivity contribution in [1.82, 2.24) is 9.55 Å². The van der Waals surface area contributed by atoms with Crippen molar-refractivity contribution in [2.75, 3.05) is 5.73 Å². The Hall–Kier alpha value is -3.60. The van der Waals surface area contributed by atoms with E-state index in [0.29, 0.717) is 11.7 Å². The highest BCUT2D eigenvalue weighted by Crippen LogP contribution is 2.25. The van der Waals surface area contributed by atoms with Crippen molar-refractivity contribution in [2.24, 2.45) is 5.16 Å². The maximum absolute atomic E-state index is 9.54. The van der Waals surface area contributed by atoms with Crippen molar-refractivity contribution in [2.45, 2.75) is 0 Å². The van der Waals surface area contributed by atoms with Crippen LogP contribution in [0.2, 0.25) is 0 Å². The molecular formula is C20H16N4O. The molecule has 5 nitrogen and oxygen atoms in total. The summed E-state index contributed by atoms with van der Waals surface area (Å²) in [5.74, 6) is 0.417. The minimum Gasteiger partial charge on any atom is -0.410 e. The monoisotopic (exact) mass is 328 g/mol. The van der Waals surface area contributed by atoms with E-state index in [2.05, 4.69) is 10.1 Å². The standard InChI is InChI=1S/C20H16N4O/c21-20-22-17-12-11-15(19(23-25)14-7-3-1-4-8-14)13-18(17)24(20)16-9-5-2-6-10-16/h1-13,25H,(H2,21,22)/b23-19+. The van der Waals surface area contributed by atoms with Crippen LogP contribution in [0.3, 0.4) is 0 Å². The molecule has 4 rings (SSSR count). The highest BCUT2D eigenvalue weighted by atomic mass is 16.4. The minimum atomic E-state index is 0.417. The van der Waals surface area contributed by atoms with E-state index in [1.54, 1.807) is 0 Å². The number of hydrogen-bond donors (Lipinski definition) is 2. The zero-order chi connectivity index (χ0) is 17.2.